The highest BCUT2D eigenvalue weighted by Gasteiger charge is 2.32. The van der Waals surface area contributed by atoms with Crippen LogP contribution in [0.3, 0.4) is 0 Å². The van der Waals surface area contributed by atoms with Gasteiger partial charge in [0, 0.05) is 36.4 Å². The van der Waals surface area contributed by atoms with Crippen LogP contribution in [-0.2, 0) is 36.8 Å². The summed E-state index contributed by atoms with van der Waals surface area (Å²) in [6, 6.07) is 8.23. The number of hydrogen-bond donors (Lipinski definition) is 8. The molecule has 0 aliphatic carbocycles. The number of aliphatic carboxylic acids is 2. The predicted molar refractivity (Wildman–Crippen MR) is 162 cm³/mol. The Morgan fingerprint density at radius 2 is 1.45 bits per heavy atom. The van der Waals surface area contributed by atoms with Gasteiger partial charge in [0.1, 0.15) is 23.9 Å². The van der Waals surface area contributed by atoms with Crippen LogP contribution in [0.2, 0.25) is 0 Å². The quantitative estimate of drug-likeness (QED) is 0.117. The van der Waals surface area contributed by atoms with Crippen LogP contribution >= 0.6 is 0 Å². The van der Waals surface area contributed by atoms with E-state index in [1.54, 1.807) is 13.1 Å². The smallest absolute Gasteiger partial charge is 0.326 e. The van der Waals surface area contributed by atoms with Gasteiger partial charge >= 0.3 is 11.9 Å². The molecule has 0 spiro atoms. The molecule has 44 heavy (non-hydrogen) atoms. The minimum Gasteiger partial charge on any atom is -0.508 e. The van der Waals surface area contributed by atoms with E-state index in [0.29, 0.717) is 17.5 Å². The van der Waals surface area contributed by atoms with Gasteiger partial charge < -0.3 is 42.0 Å². The normalized spacial score (nSPS) is 14.5. The summed E-state index contributed by atoms with van der Waals surface area (Å²) in [5.74, 6) is -4.96. The highest BCUT2D eigenvalue weighted by molar-refractivity contribution is 5.95. The standard InChI is InChI=1S/C31H39N5O8/c1-3-17(2)27(32)30(42)34-23(12-13-26(38)39)28(40)35-24(15-19-16-33-22-7-5-4-6-21(19)22)29(41)36-25(31(43)44)14-18-8-10-20(37)11-9-18/h4-11,16-17,23-25,27,33,37H,3,12-15,32H2,1-2H3,(H,34,42)(H,35,40)(H,36,41)(H,38,39)(H,43,44). The molecule has 3 rings (SSSR count). The van der Waals surface area contributed by atoms with Crippen LogP contribution in [0.1, 0.15) is 44.2 Å². The van der Waals surface area contributed by atoms with Gasteiger partial charge in [0.25, 0.3) is 0 Å². The first kappa shape index (κ1) is 33.6. The van der Waals surface area contributed by atoms with Gasteiger partial charge in [-0.05, 0) is 41.7 Å². The van der Waals surface area contributed by atoms with Gasteiger partial charge in [-0.1, -0.05) is 50.6 Å². The maximum atomic E-state index is 13.6. The molecule has 0 saturated heterocycles. The van der Waals surface area contributed by atoms with E-state index < -0.39 is 60.2 Å². The molecule has 0 saturated carbocycles. The Labute approximate surface area is 254 Å². The number of aromatic amines is 1. The Balaban J connectivity index is 1.88. The second-order valence-electron chi connectivity index (χ2n) is 10.8. The first-order chi connectivity index (χ1) is 20.9. The number of para-hydroxylation sites is 1. The summed E-state index contributed by atoms with van der Waals surface area (Å²) in [4.78, 5) is 66.4. The maximum Gasteiger partial charge on any atom is 0.326 e. The zero-order valence-corrected chi connectivity index (χ0v) is 24.6. The van der Waals surface area contributed by atoms with Gasteiger partial charge in [-0.15, -0.1) is 0 Å². The number of carboxylic acids is 2. The molecule has 236 valence electrons. The number of phenols is 1. The minimum absolute atomic E-state index is 0.000757. The van der Waals surface area contributed by atoms with Crippen molar-refractivity contribution >= 4 is 40.6 Å². The molecule has 1 aromatic heterocycles. The first-order valence-corrected chi connectivity index (χ1v) is 14.3. The van der Waals surface area contributed by atoms with Crippen molar-refractivity contribution in [2.45, 2.75) is 70.1 Å². The predicted octanol–water partition coefficient (Wildman–Crippen LogP) is 1.44. The topological polar surface area (TPSA) is 224 Å². The summed E-state index contributed by atoms with van der Waals surface area (Å²) in [6.45, 7) is 3.63. The number of H-pyrrole nitrogens is 1. The average molecular weight is 610 g/mol. The Morgan fingerprint density at radius 3 is 2.09 bits per heavy atom. The van der Waals surface area contributed by atoms with E-state index in [1.165, 1.54) is 24.3 Å². The lowest BCUT2D eigenvalue weighted by Crippen LogP contribution is -2.58. The second kappa shape index (κ2) is 15.5. The summed E-state index contributed by atoms with van der Waals surface area (Å²) in [6.07, 6.45) is 1.43. The zero-order chi connectivity index (χ0) is 32.4. The van der Waals surface area contributed by atoms with Gasteiger partial charge in [0.2, 0.25) is 17.7 Å². The van der Waals surface area contributed by atoms with Gasteiger partial charge in [-0.25, -0.2) is 4.79 Å². The van der Waals surface area contributed by atoms with Crippen molar-refractivity contribution in [3.05, 3.63) is 65.9 Å². The minimum atomic E-state index is -1.37. The number of hydrogen-bond acceptors (Lipinski definition) is 7. The van der Waals surface area contributed by atoms with Crippen molar-refractivity contribution < 1.29 is 39.3 Å². The molecule has 0 radical (unpaired) electrons. The van der Waals surface area contributed by atoms with E-state index in [1.807, 2.05) is 31.2 Å². The Kier molecular flexibility index (Phi) is 11.9. The van der Waals surface area contributed by atoms with Crippen molar-refractivity contribution in [3.8, 4) is 5.75 Å². The number of carbonyl (C=O) groups excluding carboxylic acids is 3. The van der Waals surface area contributed by atoms with Gasteiger partial charge in [0.05, 0.1) is 6.04 Å². The zero-order valence-electron chi connectivity index (χ0n) is 24.6. The lowest BCUT2D eigenvalue weighted by Gasteiger charge is -2.26. The van der Waals surface area contributed by atoms with Crippen LogP contribution < -0.4 is 21.7 Å². The van der Waals surface area contributed by atoms with E-state index >= 15 is 0 Å². The van der Waals surface area contributed by atoms with Gasteiger partial charge in [-0.2, -0.15) is 0 Å². The monoisotopic (exact) mass is 609 g/mol. The lowest BCUT2D eigenvalue weighted by atomic mass is 9.98. The molecule has 0 bridgehead atoms. The van der Waals surface area contributed by atoms with Crippen molar-refractivity contribution in [1.82, 2.24) is 20.9 Å². The van der Waals surface area contributed by atoms with Crippen molar-refractivity contribution in [1.29, 1.82) is 0 Å². The second-order valence-corrected chi connectivity index (χ2v) is 10.8. The number of nitrogens with one attached hydrogen (secondary N) is 4. The van der Waals surface area contributed by atoms with Crippen molar-refractivity contribution in [2.24, 2.45) is 11.7 Å². The highest BCUT2D eigenvalue weighted by Crippen LogP contribution is 2.20. The molecule has 13 nitrogen and oxygen atoms in total. The van der Waals surface area contributed by atoms with E-state index in [4.69, 9.17) is 5.73 Å². The fraction of sp³-hybridized carbons (Fsp3) is 0.387. The first-order valence-electron chi connectivity index (χ1n) is 14.3. The molecular weight excluding hydrogens is 570 g/mol. The summed E-state index contributed by atoms with van der Waals surface area (Å²) in [7, 11) is 0. The van der Waals surface area contributed by atoms with Gasteiger partial charge in [-0.3, -0.25) is 19.2 Å². The summed E-state index contributed by atoms with van der Waals surface area (Å²) in [5, 5.41) is 37.0. The van der Waals surface area contributed by atoms with Crippen molar-refractivity contribution in [3.63, 3.8) is 0 Å². The van der Waals surface area contributed by atoms with Crippen LogP contribution in [0.25, 0.3) is 10.9 Å². The molecule has 5 unspecified atom stereocenters. The number of aromatic hydroxyl groups is 1. The Hall–Kier alpha value is -4.91. The maximum absolute atomic E-state index is 13.6. The largest absolute Gasteiger partial charge is 0.508 e. The van der Waals surface area contributed by atoms with E-state index in [0.717, 1.165) is 10.9 Å². The molecule has 0 aliphatic rings. The lowest BCUT2D eigenvalue weighted by molar-refractivity contribution is -0.142. The number of aromatic nitrogens is 1. The number of carboxylic acid groups (broad SMARTS) is 2. The number of carbonyl (C=O) groups is 5. The number of benzene rings is 2. The highest BCUT2D eigenvalue weighted by atomic mass is 16.4. The molecule has 9 N–H and O–H groups in total. The number of phenolic OH excluding ortho intramolecular Hbond substituents is 1. The van der Waals surface area contributed by atoms with E-state index in [9.17, 15) is 39.3 Å². The van der Waals surface area contributed by atoms with Crippen LogP contribution in [-0.4, -0.2) is 74.1 Å². The number of amides is 3. The SMILES string of the molecule is CCC(C)C(N)C(=O)NC(CCC(=O)O)C(=O)NC(Cc1c[nH]c2ccccc12)C(=O)NC(Cc1ccc(O)cc1)C(=O)O. The van der Waals surface area contributed by atoms with Crippen LogP contribution in [0.4, 0.5) is 0 Å². The number of rotatable bonds is 16. The number of nitrogens with two attached hydrogens (primary N) is 1. The molecule has 3 amide bonds. The van der Waals surface area contributed by atoms with Gasteiger partial charge in [0.15, 0.2) is 0 Å². The molecule has 5 atom stereocenters. The fourth-order valence-corrected chi connectivity index (χ4v) is 4.66. The third-order valence-electron chi connectivity index (χ3n) is 7.56. The van der Waals surface area contributed by atoms with Crippen LogP contribution in [0.5, 0.6) is 5.75 Å². The Morgan fingerprint density at radius 1 is 0.841 bits per heavy atom. The van der Waals surface area contributed by atoms with E-state index in [2.05, 4.69) is 20.9 Å². The fourth-order valence-electron chi connectivity index (χ4n) is 4.66. The molecule has 13 heteroatoms. The third kappa shape index (κ3) is 9.30. The molecule has 3 aromatic rings. The van der Waals surface area contributed by atoms with Crippen LogP contribution in [0.15, 0.2) is 54.7 Å². The molecular formula is C31H39N5O8. The summed E-state index contributed by atoms with van der Waals surface area (Å²) >= 11 is 0. The summed E-state index contributed by atoms with van der Waals surface area (Å²) in [5.41, 5.74) is 8.02. The van der Waals surface area contributed by atoms with Crippen molar-refractivity contribution in [2.75, 3.05) is 0 Å². The Bertz CT molecular complexity index is 1470. The number of fused-ring (bicyclic) bond motifs is 1. The average Bonchev–Trinajstić information content (AvgIpc) is 3.40. The molecule has 0 fully saturated rings. The third-order valence-corrected chi connectivity index (χ3v) is 7.56. The van der Waals surface area contributed by atoms with E-state index in [-0.39, 0.29) is 30.9 Å². The van der Waals surface area contributed by atoms with Crippen LogP contribution in [0, 0.1) is 5.92 Å². The molecule has 2 aromatic carbocycles. The summed E-state index contributed by atoms with van der Waals surface area (Å²) < 4.78 is 0. The molecule has 0 aliphatic heterocycles. The molecule has 1 heterocycles.